The van der Waals surface area contributed by atoms with Crippen LogP contribution in [0, 0.1) is 0 Å². The molecule has 5 heteroatoms. The van der Waals surface area contributed by atoms with Crippen molar-refractivity contribution in [1.82, 2.24) is 14.0 Å². The van der Waals surface area contributed by atoms with Crippen molar-refractivity contribution in [2.24, 2.45) is 0 Å². The normalized spacial score (nSPS) is 13.4. The maximum atomic E-state index is 13.3. The van der Waals surface area contributed by atoms with Gasteiger partial charge in [0.25, 0.3) is 11.8 Å². The Morgan fingerprint density at radius 1 is 0.474 bits per heavy atom. The van der Waals surface area contributed by atoms with Gasteiger partial charge in [-0.05, 0) is 36.4 Å². The Labute approximate surface area is 217 Å². The van der Waals surface area contributed by atoms with E-state index >= 15 is 0 Å². The molecule has 5 aromatic carbocycles. The van der Waals surface area contributed by atoms with E-state index in [-0.39, 0.29) is 11.8 Å². The molecule has 0 aliphatic carbocycles. The van der Waals surface area contributed by atoms with Gasteiger partial charge in [-0.2, -0.15) is 0 Å². The van der Waals surface area contributed by atoms with E-state index in [1.54, 1.807) is 13.1 Å². The minimum atomic E-state index is -0.277. The Morgan fingerprint density at radius 3 is 1.63 bits per heavy atom. The lowest BCUT2D eigenvalue weighted by Crippen LogP contribution is -2.24. The minimum Gasteiger partial charge on any atom is -0.307 e. The van der Waals surface area contributed by atoms with Crippen molar-refractivity contribution in [2.75, 3.05) is 7.05 Å². The third-order valence-corrected chi connectivity index (χ3v) is 7.83. The van der Waals surface area contributed by atoms with Crippen molar-refractivity contribution in [3.05, 3.63) is 120 Å². The van der Waals surface area contributed by atoms with Crippen molar-refractivity contribution in [3.8, 4) is 11.4 Å². The zero-order valence-electron chi connectivity index (χ0n) is 20.6. The highest BCUT2D eigenvalue weighted by molar-refractivity contribution is 6.24. The van der Waals surface area contributed by atoms with Crippen molar-refractivity contribution in [1.29, 1.82) is 0 Å². The number of nitrogens with zero attached hydrogens (tertiary/aromatic N) is 3. The van der Waals surface area contributed by atoms with E-state index in [1.165, 1.54) is 15.7 Å². The molecule has 38 heavy (non-hydrogen) atoms. The Kier molecular flexibility index (Phi) is 4.10. The summed E-state index contributed by atoms with van der Waals surface area (Å²) in [5, 5.41) is 4.55. The first-order valence-electron chi connectivity index (χ1n) is 12.6. The lowest BCUT2D eigenvalue weighted by atomic mass is 10.1. The first-order chi connectivity index (χ1) is 18.6. The standard InChI is InChI=1S/C33H21N3O2/c1-34-32(37)24-14-9-18-28(30(24)33(34)38)36-27-17-7-4-12-22(27)23-13-8-19-29(31(23)36)35-25-15-5-2-10-20(25)21-11-3-6-16-26(21)35/h2-19H,1H3. The van der Waals surface area contributed by atoms with Crippen molar-refractivity contribution in [3.63, 3.8) is 0 Å². The number of rotatable bonds is 2. The molecule has 0 saturated carbocycles. The zero-order chi connectivity index (χ0) is 25.5. The summed E-state index contributed by atoms with van der Waals surface area (Å²) in [6.07, 6.45) is 0. The summed E-state index contributed by atoms with van der Waals surface area (Å²) in [5.74, 6) is -0.545. The Bertz CT molecular complexity index is 2090. The number of hydrogen-bond donors (Lipinski definition) is 0. The zero-order valence-corrected chi connectivity index (χ0v) is 20.6. The van der Waals surface area contributed by atoms with Crippen LogP contribution in [0.25, 0.3) is 55.0 Å². The van der Waals surface area contributed by atoms with Gasteiger partial charge in [-0.1, -0.05) is 72.8 Å². The van der Waals surface area contributed by atoms with E-state index < -0.39 is 0 Å². The van der Waals surface area contributed by atoms with Crippen LogP contribution in [0.15, 0.2) is 109 Å². The summed E-state index contributed by atoms with van der Waals surface area (Å²) in [7, 11) is 1.55. The predicted octanol–water partition coefficient (Wildman–Crippen LogP) is 7.11. The van der Waals surface area contributed by atoms with E-state index in [0.29, 0.717) is 16.8 Å². The Morgan fingerprint density at radius 2 is 0.974 bits per heavy atom. The molecule has 1 aliphatic heterocycles. The molecular weight excluding hydrogens is 470 g/mol. The fourth-order valence-corrected chi connectivity index (χ4v) is 6.18. The second-order valence-electron chi connectivity index (χ2n) is 9.76. The number of aromatic nitrogens is 2. The molecule has 1 aliphatic rings. The van der Waals surface area contributed by atoms with Gasteiger partial charge in [0.05, 0.1) is 44.6 Å². The van der Waals surface area contributed by atoms with E-state index in [2.05, 4.69) is 88.0 Å². The van der Waals surface area contributed by atoms with Crippen LogP contribution in [0.4, 0.5) is 0 Å². The molecule has 0 radical (unpaired) electrons. The summed E-state index contributed by atoms with van der Waals surface area (Å²) >= 11 is 0. The second kappa shape index (κ2) is 7.43. The molecule has 0 fully saturated rings. The Balaban J connectivity index is 1.59. The van der Waals surface area contributed by atoms with Gasteiger partial charge in [-0.25, -0.2) is 0 Å². The third kappa shape index (κ3) is 2.55. The summed E-state index contributed by atoms with van der Waals surface area (Å²) in [5.41, 5.74) is 6.81. The lowest BCUT2D eigenvalue weighted by molar-refractivity contribution is 0.0693. The highest BCUT2D eigenvalue weighted by Crippen LogP contribution is 2.41. The summed E-state index contributed by atoms with van der Waals surface area (Å²) in [6, 6.07) is 37.1. The molecule has 0 atom stereocenters. The molecular formula is C33H21N3O2. The molecule has 0 saturated heterocycles. The topological polar surface area (TPSA) is 47.2 Å². The van der Waals surface area contributed by atoms with Gasteiger partial charge in [-0.15, -0.1) is 0 Å². The number of fused-ring (bicyclic) bond motifs is 7. The van der Waals surface area contributed by atoms with Crippen LogP contribution in [0.5, 0.6) is 0 Å². The van der Waals surface area contributed by atoms with Crippen LogP contribution in [0.1, 0.15) is 20.7 Å². The number of imide groups is 1. The molecule has 3 heterocycles. The van der Waals surface area contributed by atoms with Crippen molar-refractivity contribution < 1.29 is 9.59 Å². The van der Waals surface area contributed by atoms with Gasteiger partial charge in [-0.3, -0.25) is 14.5 Å². The average Bonchev–Trinajstić information content (AvgIpc) is 3.56. The van der Waals surface area contributed by atoms with E-state index in [9.17, 15) is 9.59 Å². The predicted molar refractivity (Wildman–Crippen MR) is 152 cm³/mol. The third-order valence-electron chi connectivity index (χ3n) is 7.83. The maximum absolute atomic E-state index is 13.3. The number of hydrogen-bond acceptors (Lipinski definition) is 2. The largest absolute Gasteiger partial charge is 0.307 e. The van der Waals surface area contributed by atoms with Crippen LogP contribution in [0.2, 0.25) is 0 Å². The van der Waals surface area contributed by atoms with Crippen LogP contribution in [0.3, 0.4) is 0 Å². The smallest absolute Gasteiger partial charge is 0.263 e. The van der Waals surface area contributed by atoms with Gasteiger partial charge in [0.2, 0.25) is 0 Å². The number of para-hydroxylation sites is 4. The molecule has 0 unspecified atom stereocenters. The number of benzene rings is 5. The van der Waals surface area contributed by atoms with E-state index in [4.69, 9.17) is 0 Å². The summed E-state index contributed by atoms with van der Waals surface area (Å²) in [6.45, 7) is 0. The summed E-state index contributed by atoms with van der Waals surface area (Å²) < 4.78 is 4.47. The van der Waals surface area contributed by atoms with E-state index in [1.807, 2.05) is 24.3 Å². The molecule has 180 valence electrons. The van der Waals surface area contributed by atoms with Crippen molar-refractivity contribution in [2.45, 2.75) is 0 Å². The van der Waals surface area contributed by atoms with Gasteiger partial charge < -0.3 is 9.13 Å². The monoisotopic (exact) mass is 491 g/mol. The van der Waals surface area contributed by atoms with Gasteiger partial charge >= 0.3 is 0 Å². The fourth-order valence-electron chi connectivity index (χ4n) is 6.18. The SMILES string of the molecule is CN1C(=O)c2cccc(-n3c4ccccc4c4cccc(-n5c6ccccc6c6ccccc65)c43)c2C1=O. The first kappa shape index (κ1) is 21.0. The quantitative estimate of drug-likeness (QED) is 0.242. The maximum Gasteiger partial charge on any atom is 0.263 e. The number of carbonyl (C=O) groups excluding carboxylic acids is 2. The minimum absolute atomic E-state index is 0.268. The Hall–Kier alpha value is -5.16. The molecule has 7 aromatic rings. The average molecular weight is 492 g/mol. The highest BCUT2D eigenvalue weighted by atomic mass is 16.2. The van der Waals surface area contributed by atoms with Gasteiger partial charge in [0.15, 0.2) is 0 Å². The van der Waals surface area contributed by atoms with Crippen LogP contribution in [-0.2, 0) is 0 Å². The number of amides is 2. The molecule has 8 rings (SSSR count). The van der Waals surface area contributed by atoms with Crippen LogP contribution >= 0.6 is 0 Å². The van der Waals surface area contributed by atoms with Gasteiger partial charge in [0, 0.05) is 28.6 Å². The molecule has 2 aromatic heterocycles. The van der Waals surface area contributed by atoms with Crippen molar-refractivity contribution >= 4 is 55.4 Å². The summed E-state index contributed by atoms with van der Waals surface area (Å²) in [4.78, 5) is 27.4. The lowest BCUT2D eigenvalue weighted by Gasteiger charge is -2.16. The molecule has 5 nitrogen and oxygen atoms in total. The van der Waals surface area contributed by atoms with Gasteiger partial charge in [0.1, 0.15) is 0 Å². The number of carbonyl (C=O) groups is 2. The van der Waals surface area contributed by atoms with Crippen LogP contribution < -0.4 is 0 Å². The highest BCUT2D eigenvalue weighted by Gasteiger charge is 2.36. The molecule has 0 N–H and O–H groups in total. The van der Waals surface area contributed by atoms with E-state index in [0.717, 1.165) is 38.5 Å². The molecule has 0 bridgehead atoms. The fraction of sp³-hybridized carbons (Fsp3) is 0.0303. The second-order valence-corrected chi connectivity index (χ2v) is 9.76. The van der Waals surface area contributed by atoms with Crippen LogP contribution in [-0.4, -0.2) is 32.9 Å². The first-order valence-corrected chi connectivity index (χ1v) is 12.6. The molecule has 2 amide bonds. The molecule has 0 spiro atoms.